The van der Waals surface area contributed by atoms with Crippen LogP contribution in [0.15, 0.2) is 59.8 Å². The van der Waals surface area contributed by atoms with E-state index in [4.69, 9.17) is 5.26 Å². The lowest BCUT2D eigenvalue weighted by molar-refractivity contribution is -0.137. The molecule has 0 saturated heterocycles. The summed E-state index contributed by atoms with van der Waals surface area (Å²) in [7, 11) is 0. The Kier molecular flexibility index (Phi) is 5.75. The Hall–Kier alpha value is -3.80. The second-order valence-corrected chi connectivity index (χ2v) is 6.89. The van der Waals surface area contributed by atoms with Gasteiger partial charge < -0.3 is 10.0 Å². The Labute approximate surface area is 176 Å². The molecule has 9 heteroatoms. The minimum Gasteiger partial charge on any atom is -0.478 e. The summed E-state index contributed by atoms with van der Waals surface area (Å²) in [5.41, 5.74) is -0.279. The molecule has 0 aliphatic carbocycles. The van der Waals surface area contributed by atoms with E-state index in [0.29, 0.717) is 11.1 Å². The molecule has 2 aromatic rings. The number of urea groups is 1. The molecule has 0 bridgehead atoms. The van der Waals surface area contributed by atoms with Gasteiger partial charge in [-0.2, -0.15) is 18.4 Å². The number of carboxylic acids is 1. The maximum atomic E-state index is 13.3. The molecule has 2 amide bonds. The number of amides is 2. The zero-order valence-corrected chi connectivity index (χ0v) is 16.6. The summed E-state index contributed by atoms with van der Waals surface area (Å²) in [6.45, 7) is 3.16. The number of hydrogen-bond donors (Lipinski definition) is 1. The third-order valence-electron chi connectivity index (χ3n) is 5.11. The molecule has 3 rings (SSSR count). The number of nitrogens with zero attached hydrogens (tertiary/aromatic N) is 3. The van der Waals surface area contributed by atoms with Gasteiger partial charge in [0.15, 0.2) is 0 Å². The van der Waals surface area contributed by atoms with Gasteiger partial charge in [-0.1, -0.05) is 18.2 Å². The largest absolute Gasteiger partial charge is 0.478 e. The number of likely N-dealkylation sites (N-methyl/N-ethyl adjacent to an activating group) is 1. The van der Waals surface area contributed by atoms with Crippen LogP contribution in [0.2, 0.25) is 0 Å². The number of carbonyl (C=O) groups excluding carboxylic acids is 1. The first-order valence-corrected chi connectivity index (χ1v) is 9.32. The second kappa shape index (κ2) is 8.14. The molecule has 1 aliphatic rings. The molecule has 6 nitrogen and oxygen atoms in total. The van der Waals surface area contributed by atoms with E-state index in [-0.39, 0.29) is 23.5 Å². The van der Waals surface area contributed by atoms with Gasteiger partial charge in [0.25, 0.3) is 0 Å². The Bertz CT molecular complexity index is 1100. The van der Waals surface area contributed by atoms with Gasteiger partial charge in [0.1, 0.15) is 0 Å². The van der Waals surface area contributed by atoms with Gasteiger partial charge in [-0.15, -0.1) is 0 Å². The van der Waals surface area contributed by atoms with Crippen LogP contribution >= 0.6 is 0 Å². The van der Waals surface area contributed by atoms with Crippen LogP contribution in [-0.2, 0) is 11.0 Å². The lowest BCUT2D eigenvalue weighted by Gasteiger charge is -2.42. The van der Waals surface area contributed by atoms with Crippen molar-refractivity contribution >= 4 is 17.7 Å². The molecule has 0 saturated carbocycles. The molecule has 0 aromatic heterocycles. The SMILES string of the molecule is CCN1C(=O)N(c2cccc(C(F)(F)F)c2)C(C)=C(C(=O)O)[C@@H]1c1ccc(C#N)cc1. The number of nitriles is 1. The zero-order valence-electron chi connectivity index (χ0n) is 16.6. The number of carbonyl (C=O) groups is 2. The number of aliphatic carboxylic acids is 1. The van der Waals surface area contributed by atoms with Gasteiger partial charge in [0.2, 0.25) is 0 Å². The molecule has 0 spiro atoms. The Morgan fingerprint density at radius 2 is 1.84 bits per heavy atom. The number of halogens is 3. The van der Waals surface area contributed by atoms with Crippen LogP contribution < -0.4 is 4.90 Å². The summed E-state index contributed by atoms with van der Waals surface area (Å²) in [4.78, 5) is 27.7. The standard InChI is InChI=1S/C22H18F3N3O3/c1-3-27-19(15-9-7-14(12-26)8-10-15)18(20(29)30)13(2)28(21(27)31)17-6-4-5-16(11-17)22(23,24)25/h4-11,19H,3H2,1-2H3,(H,29,30)/t19-/m0/s1. The predicted molar refractivity (Wildman–Crippen MR) is 106 cm³/mol. The van der Waals surface area contributed by atoms with Gasteiger partial charge in [-0.25, -0.2) is 9.59 Å². The van der Waals surface area contributed by atoms with Crippen LogP contribution in [0.25, 0.3) is 0 Å². The van der Waals surface area contributed by atoms with Gasteiger partial charge in [-0.05, 0) is 49.7 Å². The van der Waals surface area contributed by atoms with E-state index in [1.165, 1.54) is 36.1 Å². The molecular weight excluding hydrogens is 411 g/mol. The molecule has 31 heavy (non-hydrogen) atoms. The number of rotatable bonds is 4. The van der Waals surface area contributed by atoms with E-state index in [1.54, 1.807) is 19.1 Å². The van der Waals surface area contributed by atoms with E-state index in [9.17, 15) is 27.9 Å². The molecule has 0 fully saturated rings. The maximum absolute atomic E-state index is 13.3. The minimum absolute atomic E-state index is 0.0240. The van der Waals surface area contributed by atoms with Crippen LogP contribution in [0.4, 0.5) is 23.7 Å². The highest BCUT2D eigenvalue weighted by Gasteiger charge is 2.42. The molecule has 1 N–H and O–H groups in total. The lowest BCUT2D eigenvalue weighted by Crippen LogP contribution is -2.50. The van der Waals surface area contributed by atoms with Crippen molar-refractivity contribution in [1.82, 2.24) is 4.90 Å². The summed E-state index contributed by atoms with van der Waals surface area (Å²) >= 11 is 0. The van der Waals surface area contributed by atoms with Crippen molar-refractivity contribution in [2.45, 2.75) is 26.1 Å². The summed E-state index contributed by atoms with van der Waals surface area (Å²) in [6.07, 6.45) is -4.61. The summed E-state index contributed by atoms with van der Waals surface area (Å²) < 4.78 is 39.5. The van der Waals surface area contributed by atoms with Crippen LogP contribution in [0.1, 0.15) is 36.6 Å². The topological polar surface area (TPSA) is 84.6 Å². The molecule has 1 heterocycles. The maximum Gasteiger partial charge on any atom is 0.416 e. The Morgan fingerprint density at radius 3 is 2.35 bits per heavy atom. The van der Waals surface area contributed by atoms with Crippen molar-refractivity contribution in [2.75, 3.05) is 11.4 Å². The molecule has 2 aromatic carbocycles. The average molecular weight is 429 g/mol. The number of hydrogen-bond acceptors (Lipinski definition) is 3. The van der Waals surface area contributed by atoms with Crippen LogP contribution in [0.3, 0.4) is 0 Å². The highest BCUT2D eigenvalue weighted by molar-refractivity contribution is 6.02. The number of benzene rings is 2. The number of carboxylic acid groups (broad SMARTS) is 1. The first-order valence-electron chi connectivity index (χ1n) is 9.32. The predicted octanol–water partition coefficient (Wildman–Crippen LogP) is 4.94. The summed E-state index contributed by atoms with van der Waals surface area (Å²) in [5, 5.41) is 18.9. The Balaban J connectivity index is 2.20. The van der Waals surface area contributed by atoms with Crippen LogP contribution in [-0.4, -0.2) is 28.6 Å². The molecule has 1 atom stereocenters. The van der Waals surface area contributed by atoms with E-state index in [1.807, 2.05) is 6.07 Å². The fourth-order valence-electron chi connectivity index (χ4n) is 3.66. The molecule has 1 aliphatic heterocycles. The number of alkyl halides is 3. The smallest absolute Gasteiger partial charge is 0.416 e. The molecular formula is C22H18F3N3O3. The lowest BCUT2D eigenvalue weighted by atomic mass is 9.92. The van der Waals surface area contributed by atoms with Crippen LogP contribution in [0.5, 0.6) is 0 Å². The molecule has 160 valence electrons. The quantitative estimate of drug-likeness (QED) is 0.746. The van der Waals surface area contributed by atoms with E-state index in [2.05, 4.69) is 0 Å². The number of allylic oxidation sites excluding steroid dienone is 1. The molecule has 0 unspecified atom stereocenters. The van der Waals surface area contributed by atoms with Gasteiger partial charge in [0.05, 0.1) is 34.5 Å². The van der Waals surface area contributed by atoms with E-state index in [0.717, 1.165) is 17.0 Å². The summed E-state index contributed by atoms with van der Waals surface area (Å²) in [6, 6.07) is 10.7. The van der Waals surface area contributed by atoms with Crippen molar-refractivity contribution in [3.8, 4) is 6.07 Å². The van der Waals surface area contributed by atoms with E-state index < -0.39 is 29.8 Å². The highest BCUT2D eigenvalue weighted by atomic mass is 19.4. The average Bonchev–Trinajstić information content (AvgIpc) is 2.73. The zero-order chi connectivity index (χ0) is 22.9. The van der Waals surface area contributed by atoms with Crippen molar-refractivity contribution in [2.24, 2.45) is 0 Å². The monoisotopic (exact) mass is 429 g/mol. The minimum atomic E-state index is -4.61. The van der Waals surface area contributed by atoms with Gasteiger partial charge in [0, 0.05) is 12.2 Å². The first kappa shape index (κ1) is 21.9. The van der Waals surface area contributed by atoms with Gasteiger partial charge >= 0.3 is 18.2 Å². The van der Waals surface area contributed by atoms with Crippen molar-refractivity contribution in [3.63, 3.8) is 0 Å². The normalized spacial score (nSPS) is 17.0. The molecule has 0 radical (unpaired) electrons. The second-order valence-electron chi connectivity index (χ2n) is 6.89. The first-order chi connectivity index (χ1) is 14.6. The van der Waals surface area contributed by atoms with Crippen LogP contribution in [0, 0.1) is 11.3 Å². The highest BCUT2D eigenvalue weighted by Crippen LogP contribution is 2.40. The summed E-state index contributed by atoms with van der Waals surface area (Å²) in [5.74, 6) is -1.30. The third kappa shape index (κ3) is 3.97. The third-order valence-corrected chi connectivity index (χ3v) is 5.11. The van der Waals surface area contributed by atoms with Gasteiger partial charge in [-0.3, -0.25) is 4.90 Å². The fraction of sp³-hybridized carbons (Fsp3) is 0.227. The fourth-order valence-corrected chi connectivity index (χ4v) is 3.66. The van der Waals surface area contributed by atoms with Crippen molar-refractivity contribution < 1.29 is 27.9 Å². The van der Waals surface area contributed by atoms with E-state index >= 15 is 0 Å². The number of anilines is 1. The van der Waals surface area contributed by atoms with Crippen molar-refractivity contribution in [1.29, 1.82) is 5.26 Å². The Morgan fingerprint density at radius 1 is 1.19 bits per heavy atom. The van der Waals surface area contributed by atoms with Crippen molar-refractivity contribution in [3.05, 3.63) is 76.5 Å².